The molecule has 7 nitrogen and oxygen atoms in total. The Morgan fingerprint density at radius 1 is 1.14 bits per heavy atom. The summed E-state index contributed by atoms with van der Waals surface area (Å²) in [7, 11) is 0. The first-order valence-corrected chi connectivity index (χ1v) is 7.70. The number of carbonyl (C=O) groups is 2. The Balaban J connectivity index is 0.000000345. The van der Waals surface area contributed by atoms with Crippen molar-refractivity contribution < 1.29 is 27.9 Å². The number of pyridine rings is 2. The Morgan fingerprint density at radius 2 is 1.75 bits per heavy atom. The van der Waals surface area contributed by atoms with Gasteiger partial charge in [-0.25, -0.2) is 9.78 Å². The molecule has 1 amide bonds. The highest BCUT2D eigenvalue weighted by atomic mass is 19.4. The monoisotopic (exact) mass is 393 g/mol. The number of alkyl halides is 3. The third kappa shape index (κ3) is 4.34. The van der Waals surface area contributed by atoms with Gasteiger partial charge in [-0.15, -0.1) is 0 Å². The number of benzene rings is 1. The first kappa shape index (κ1) is 20.6. The Labute approximate surface area is 155 Å². The van der Waals surface area contributed by atoms with E-state index in [0.717, 1.165) is 10.9 Å². The Bertz CT molecular complexity index is 1110. The van der Waals surface area contributed by atoms with Crippen LogP contribution in [0.3, 0.4) is 0 Å². The standard InChI is InChI=1S/C16H13N3O2.C2HF3O2/c1-10-5-4-8-18-15(10)19-13-7-3-2-6-11(13)9-12(14(17)20)16(19)21;3-2(4,5)1(6)7/h2-9H,1H3,(H2,17,20);(H,6,7). The molecule has 2 heterocycles. The van der Waals surface area contributed by atoms with Crippen LogP contribution in [0.25, 0.3) is 16.7 Å². The molecule has 0 radical (unpaired) electrons. The second-order valence-corrected chi connectivity index (χ2v) is 5.57. The van der Waals surface area contributed by atoms with Crippen LogP contribution in [0.2, 0.25) is 0 Å². The van der Waals surface area contributed by atoms with Crippen LogP contribution in [0.1, 0.15) is 15.9 Å². The van der Waals surface area contributed by atoms with Crippen LogP contribution < -0.4 is 11.3 Å². The quantitative estimate of drug-likeness (QED) is 0.694. The lowest BCUT2D eigenvalue weighted by molar-refractivity contribution is -0.192. The van der Waals surface area contributed by atoms with E-state index in [4.69, 9.17) is 15.6 Å². The van der Waals surface area contributed by atoms with E-state index in [1.54, 1.807) is 12.3 Å². The molecule has 0 unspecified atom stereocenters. The zero-order chi connectivity index (χ0) is 21.1. The van der Waals surface area contributed by atoms with Gasteiger partial charge in [-0.1, -0.05) is 24.3 Å². The molecule has 0 saturated carbocycles. The number of aromatic nitrogens is 2. The van der Waals surface area contributed by atoms with Crippen molar-refractivity contribution in [2.24, 2.45) is 5.73 Å². The number of para-hydroxylation sites is 1. The van der Waals surface area contributed by atoms with Crippen molar-refractivity contribution in [1.29, 1.82) is 0 Å². The van der Waals surface area contributed by atoms with Crippen molar-refractivity contribution in [3.63, 3.8) is 0 Å². The van der Waals surface area contributed by atoms with E-state index in [2.05, 4.69) is 4.98 Å². The van der Waals surface area contributed by atoms with Gasteiger partial charge in [0.2, 0.25) is 0 Å². The summed E-state index contributed by atoms with van der Waals surface area (Å²) in [6.07, 6.45) is -3.47. The highest BCUT2D eigenvalue weighted by Gasteiger charge is 2.38. The molecule has 0 aliphatic heterocycles. The fraction of sp³-hybridized carbons (Fsp3) is 0.111. The van der Waals surface area contributed by atoms with Gasteiger partial charge in [0.15, 0.2) is 0 Å². The number of aliphatic carboxylic acids is 1. The topological polar surface area (TPSA) is 115 Å². The summed E-state index contributed by atoms with van der Waals surface area (Å²) in [5.74, 6) is -3.00. The number of hydrogen-bond acceptors (Lipinski definition) is 4. The summed E-state index contributed by atoms with van der Waals surface area (Å²) in [5, 5.41) is 7.89. The molecule has 3 aromatic rings. The maximum Gasteiger partial charge on any atom is 0.490 e. The van der Waals surface area contributed by atoms with Crippen LogP contribution in [0.15, 0.2) is 53.5 Å². The summed E-state index contributed by atoms with van der Waals surface area (Å²) < 4.78 is 33.2. The minimum atomic E-state index is -5.08. The fourth-order valence-corrected chi connectivity index (χ4v) is 2.36. The summed E-state index contributed by atoms with van der Waals surface area (Å²) in [5.41, 5.74) is 6.35. The number of amides is 1. The van der Waals surface area contributed by atoms with Crippen LogP contribution in [-0.2, 0) is 4.79 Å². The zero-order valence-corrected chi connectivity index (χ0v) is 14.4. The number of carboxylic acids is 1. The average Bonchev–Trinajstić information content (AvgIpc) is 2.62. The maximum atomic E-state index is 12.6. The van der Waals surface area contributed by atoms with Crippen molar-refractivity contribution in [2.45, 2.75) is 13.1 Å². The number of primary amides is 1. The van der Waals surface area contributed by atoms with Crippen LogP contribution >= 0.6 is 0 Å². The molecule has 0 fully saturated rings. The molecule has 0 bridgehead atoms. The van der Waals surface area contributed by atoms with Gasteiger partial charge in [-0.3, -0.25) is 14.2 Å². The fourth-order valence-electron chi connectivity index (χ4n) is 2.36. The minimum absolute atomic E-state index is 0.0428. The van der Waals surface area contributed by atoms with Gasteiger partial charge >= 0.3 is 12.1 Å². The second kappa shape index (κ2) is 7.91. The highest BCUT2D eigenvalue weighted by Crippen LogP contribution is 2.18. The zero-order valence-electron chi connectivity index (χ0n) is 14.4. The van der Waals surface area contributed by atoms with Gasteiger partial charge < -0.3 is 10.8 Å². The Kier molecular flexibility index (Phi) is 5.82. The predicted molar refractivity (Wildman–Crippen MR) is 94.3 cm³/mol. The van der Waals surface area contributed by atoms with Crippen molar-refractivity contribution >= 4 is 22.8 Å². The average molecular weight is 393 g/mol. The Hall–Kier alpha value is -3.69. The molecule has 3 N–H and O–H groups in total. The molecular formula is C18H14F3N3O4. The van der Waals surface area contributed by atoms with Crippen LogP contribution in [0.5, 0.6) is 0 Å². The Morgan fingerprint density at radius 3 is 2.29 bits per heavy atom. The molecule has 28 heavy (non-hydrogen) atoms. The third-order valence-electron chi connectivity index (χ3n) is 3.61. The molecule has 2 aromatic heterocycles. The molecule has 0 spiro atoms. The first-order chi connectivity index (χ1) is 13.0. The van der Waals surface area contributed by atoms with E-state index in [1.165, 1.54) is 10.6 Å². The first-order valence-electron chi connectivity index (χ1n) is 7.70. The summed E-state index contributed by atoms with van der Waals surface area (Å²) in [4.78, 5) is 37.3. The van der Waals surface area contributed by atoms with E-state index >= 15 is 0 Å². The lowest BCUT2D eigenvalue weighted by atomic mass is 10.1. The number of aryl methyl sites for hydroxylation is 1. The lowest BCUT2D eigenvalue weighted by Crippen LogP contribution is -2.29. The van der Waals surface area contributed by atoms with Gasteiger partial charge in [0.05, 0.1) is 5.52 Å². The number of fused-ring (bicyclic) bond motifs is 1. The number of carbonyl (C=O) groups excluding carboxylic acids is 1. The lowest BCUT2D eigenvalue weighted by Gasteiger charge is -2.12. The van der Waals surface area contributed by atoms with E-state index < -0.39 is 23.6 Å². The number of nitrogens with zero attached hydrogens (tertiary/aromatic N) is 2. The van der Waals surface area contributed by atoms with Gasteiger partial charge in [0.1, 0.15) is 11.4 Å². The minimum Gasteiger partial charge on any atom is -0.475 e. The maximum absolute atomic E-state index is 12.6. The van der Waals surface area contributed by atoms with Crippen molar-refractivity contribution in [1.82, 2.24) is 9.55 Å². The molecule has 0 aliphatic rings. The molecule has 0 atom stereocenters. The number of carboxylic acid groups (broad SMARTS) is 1. The van der Waals surface area contributed by atoms with Crippen molar-refractivity contribution in [3.05, 3.63) is 70.1 Å². The van der Waals surface area contributed by atoms with Gasteiger partial charge in [0.25, 0.3) is 11.5 Å². The molecule has 146 valence electrons. The number of hydrogen-bond donors (Lipinski definition) is 2. The molecule has 3 rings (SSSR count). The largest absolute Gasteiger partial charge is 0.490 e. The third-order valence-corrected chi connectivity index (χ3v) is 3.61. The van der Waals surface area contributed by atoms with Crippen molar-refractivity contribution in [2.75, 3.05) is 0 Å². The summed E-state index contributed by atoms with van der Waals surface area (Å²) >= 11 is 0. The van der Waals surface area contributed by atoms with Crippen LogP contribution in [0.4, 0.5) is 13.2 Å². The summed E-state index contributed by atoms with van der Waals surface area (Å²) in [6.45, 7) is 1.86. The predicted octanol–water partition coefficient (Wildman–Crippen LogP) is 2.43. The SMILES string of the molecule is Cc1cccnc1-n1c(=O)c(C(N)=O)cc2ccccc21.O=C(O)C(F)(F)F. The smallest absolute Gasteiger partial charge is 0.475 e. The van der Waals surface area contributed by atoms with Crippen molar-refractivity contribution in [3.8, 4) is 5.82 Å². The van der Waals surface area contributed by atoms with Gasteiger partial charge in [-0.2, -0.15) is 13.2 Å². The van der Waals surface area contributed by atoms with E-state index in [0.29, 0.717) is 11.3 Å². The molecule has 0 aliphatic carbocycles. The summed E-state index contributed by atoms with van der Waals surface area (Å²) in [6, 6.07) is 12.5. The number of halogens is 3. The van der Waals surface area contributed by atoms with Gasteiger partial charge in [0, 0.05) is 6.20 Å². The number of rotatable bonds is 2. The van der Waals surface area contributed by atoms with Crippen LogP contribution in [-0.4, -0.2) is 32.7 Å². The highest BCUT2D eigenvalue weighted by molar-refractivity contribution is 5.96. The van der Waals surface area contributed by atoms with E-state index in [-0.39, 0.29) is 5.56 Å². The van der Waals surface area contributed by atoms with Crippen LogP contribution in [0, 0.1) is 6.92 Å². The van der Waals surface area contributed by atoms with E-state index in [1.807, 2.05) is 37.3 Å². The van der Waals surface area contributed by atoms with Gasteiger partial charge in [-0.05, 0) is 36.1 Å². The molecule has 10 heteroatoms. The number of nitrogens with two attached hydrogens (primary N) is 1. The molecule has 0 saturated heterocycles. The van der Waals surface area contributed by atoms with E-state index in [9.17, 15) is 22.8 Å². The molecular weight excluding hydrogens is 379 g/mol. The second-order valence-electron chi connectivity index (χ2n) is 5.57. The normalized spacial score (nSPS) is 10.9. The molecule has 1 aromatic carbocycles.